The maximum absolute atomic E-state index is 13.6. The molecule has 2 N–H and O–H groups in total. The standard InChI is InChI=1S/C17H20F3N3O3S2/c18-17(19,20)14(12-3-6-27-7-12)22-13(9-28(25,26)8-11-1-2-11)15(24)23-16(10-21)4-5-16/h3,6-7,11,13-14,22H,1-2,4-5,8-9H2,(H,23,24)/t13-,14-/m0/s1. The van der Waals surface area contributed by atoms with Gasteiger partial charge in [-0.1, -0.05) is 0 Å². The van der Waals surface area contributed by atoms with Crippen molar-refractivity contribution in [1.82, 2.24) is 10.6 Å². The van der Waals surface area contributed by atoms with Crippen LogP contribution in [0.15, 0.2) is 16.8 Å². The fraction of sp³-hybridized carbons (Fsp3) is 0.647. The molecule has 1 aromatic rings. The highest BCUT2D eigenvalue weighted by atomic mass is 32.2. The average molecular weight is 435 g/mol. The Morgan fingerprint density at radius 1 is 1.39 bits per heavy atom. The fourth-order valence-electron chi connectivity index (χ4n) is 2.90. The molecule has 6 nitrogen and oxygen atoms in total. The lowest BCUT2D eigenvalue weighted by atomic mass is 10.1. The van der Waals surface area contributed by atoms with Crippen LogP contribution in [0.4, 0.5) is 13.2 Å². The Kier molecular flexibility index (Phi) is 5.76. The molecule has 1 heterocycles. The number of nitriles is 1. The molecule has 3 rings (SSSR count). The molecule has 2 aliphatic rings. The van der Waals surface area contributed by atoms with Crippen LogP contribution in [0.5, 0.6) is 0 Å². The average Bonchev–Trinajstić information content (AvgIpc) is 3.50. The van der Waals surface area contributed by atoms with E-state index >= 15 is 0 Å². The van der Waals surface area contributed by atoms with Gasteiger partial charge in [0, 0.05) is 0 Å². The van der Waals surface area contributed by atoms with Gasteiger partial charge >= 0.3 is 6.18 Å². The zero-order chi connectivity index (χ0) is 20.6. The first-order valence-electron chi connectivity index (χ1n) is 8.82. The van der Waals surface area contributed by atoms with Crippen molar-refractivity contribution in [3.8, 4) is 6.07 Å². The van der Waals surface area contributed by atoms with Gasteiger partial charge in [0.05, 0.1) is 17.6 Å². The number of sulfone groups is 1. The molecule has 11 heteroatoms. The van der Waals surface area contributed by atoms with Crippen molar-refractivity contribution in [1.29, 1.82) is 5.26 Å². The number of hydrogen-bond donors (Lipinski definition) is 2. The number of carbonyl (C=O) groups is 1. The van der Waals surface area contributed by atoms with Crippen LogP contribution in [0, 0.1) is 17.2 Å². The van der Waals surface area contributed by atoms with Gasteiger partial charge in [-0.25, -0.2) is 8.42 Å². The first-order chi connectivity index (χ1) is 13.0. The summed E-state index contributed by atoms with van der Waals surface area (Å²) >= 11 is 1.07. The number of nitrogens with zero attached hydrogens (tertiary/aromatic N) is 1. The van der Waals surface area contributed by atoms with Crippen LogP contribution in [-0.2, 0) is 14.6 Å². The van der Waals surface area contributed by atoms with Crippen molar-refractivity contribution in [3.05, 3.63) is 22.4 Å². The summed E-state index contributed by atoms with van der Waals surface area (Å²) in [5.41, 5.74) is -1.19. The van der Waals surface area contributed by atoms with Crippen molar-refractivity contribution >= 4 is 27.1 Å². The van der Waals surface area contributed by atoms with Gasteiger partial charge in [-0.15, -0.1) is 0 Å². The Labute approximate surface area is 165 Å². The van der Waals surface area contributed by atoms with Crippen LogP contribution in [0.2, 0.25) is 0 Å². The molecule has 2 saturated carbocycles. The predicted molar refractivity (Wildman–Crippen MR) is 97.1 cm³/mol. The summed E-state index contributed by atoms with van der Waals surface area (Å²) in [6.07, 6.45) is -2.40. The summed E-state index contributed by atoms with van der Waals surface area (Å²) in [5.74, 6) is -1.77. The Hall–Kier alpha value is -1.64. The molecule has 2 fully saturated rings. The van der Waals surface area contributed by atoms with Gasteiger partial charge in [0.25, 0.3) is 0 Å². The van der Waals surface area contributed by atoms with Gasteiger partial charge in [0.15, 0.2) is 9.84 Å². The number of hydrogen-bond acceptors (Lipinski definition) is 6. The number of alkyl halides is 3. The third-order valence-corrected chi connectivity index (χ3v) is 7.34. The molecular weight excluding hydrogens is 415 g/mol. The van der Waals surface area contributed by atoms with E-state index in [-0.39, 0.29) is 17.2 Å². The largest absolute Gasteiger partial charge is 0.407 e. The van der Waals surface area contributed by atoms with E-state index in [1.54, 1.807) is 0 Å². The van der Waals surface area contributed by atoms with Crippen LogP contribution in [0.3, 0.4) is 0 Å². The minimum Gasteiger partial charge on any atom is -0.336 e. The monoisotopic (exact) mass is 435 g/mol. The fourth-order valence-corrected chi connectivity index (χ4v) is 5.53. The summed E-state index contributed by atoms with van der Waals surface area (Å²) in [5, 5.41) is 16.5. The Bertz CT molecular complexity index is 854. The molecule has 0 spiro atoms. The smallest absolute Gasteiger partial charge is 0.336 e. The van der Waals surface area contributed by atoms with Crippen LogP contribution < -0.4 is 10.6 Å². The highest BCUT2D eigenvalue weighted by molar-refractivity contribution is 7.91. The first kappa shape index (κ1) is 21.1. The van der Waals surface area contributed by atoms with Gasteiger partial charge in [-0.05, 0) is 54.0 Å². The van der Waals surface area contributed by atoms with E-state index in [2.05, 4.69) is 10.6 Å². The summed E-state index contributed by atoms with van der Waals surface area (Å²) < 4.78 is 65.6. The van der Waals surface area contributed by atoms with E-state index in [0.717, 1.165) is 24.2 Å². The predicted octanol–water partition coefficient (Wildman–Crippen LogP) is 2.31. The number of halogens is 3. The zero-order valence-corrected chi connectivity index (χ0v) is 16.5. The van der Waals surface area contributed by atoms with Crippen molar-refractivity contribution in [2.45, 2.75) is 49.5 Å². The highest BCUT2D eigenvalue weighted by Crippen LogP contribution is 2.36. The second-order valence-electron chi connectivity index (χ2n) is 7.45. The highest BCUT2D eigenvalue weighted by Gasteiger charge is 2.48. The second-order valence-corrected chi connectivity index (χ2v) is 10.4. The summed E-state index contributed by atoms with van der Waals surface area (Å²) in [6, 6.07) is -0.584. The SMILES string of the molecule is N#CC1(NC(=O)[C@H](CS(=O)(=O)CC2CC2)N[C@@H](c2ccsc2)C(F)(F)F)CC1. The lowest BCUT2D eigenvalue weighted by Crippen LogP contribution is -2.54. The third-order valence-electron chi connectivity index (χ3n) is 4.82. The van der Waals surface area contributed by atoms with Gasteiger partial charge in [-0.2, -0.15) is 29.8 Å². The molecule has 0 aliphatic heterocycles. The number of amides is 1. The van der Waals surface area contributed by atoms with E-state index in [4.69, 9.17) is 5.26 Å². The van der Waals surface area contributed by atoms with Gasteiger partial charge in [-0.3, -0.25) is 10.1 Å². The first-order valence-corrected chi connectivity index (χ1v) is 11.6. The van der Waals surface area contributed by atoms with E-state index < -0.39 is 45.3 Å². The molecule has 0 aromatic carbocycles. The number of carbonyl (C=O) groups excluding carboxylic acids is 1. The summed E-state index contributed by atoms with van der Waals surface area (Å²) in [4.78, 5) is 12.6. The number of thiophene rings is 1. The molecule has 28 heavy (non-hydrogen) atoms. The van der Waals surface area contributed by atoms with E-state index in [0.29, 0.717) is 12.8 Å². The molecule has 0 unspecified atom stereocenters. The summed E-state index contributed by atoms with van der Waals surface area (Å²) in [7, 11) is -3.74. The minimum absolute atomic E-state index is 0.0119. The zero-order valence-electron chi connectivity index (χ0n) is 14.8. The van der Waals surface area contributed by atoms with Crippen molar-refractivity contribution in [3.63, 3.8) is 0 Å². The van der Waals surface area contributed by atoms with Crippen molar-refractivity contribution in [2.24, 2.45) is 5.92 Å². The minimum atomic E-state index is -4.72. The molecule has 154 valence electrons. The summed E-state index contributed by atoms with van der Waals surface area (Å²) in [6.45, 7) is 0. The lowest BCUT2D eigenvalue weighted by molar-refractivity contribution is -0.160. The maximum atomic E-state index is 13.6. The normalized spacial score (nSPS) is 20.8. The van der Waals surface area contributed by atoms with Crippen molar-refractivity contribution < 1.29 is 26.4 Å². The topological polar surface area (TPSA) is 99.1 Å². The van der Waals surface area contributed by atoms with Crippen LogP contribution in [-0.4, -0.2) is 43.6 Å². The molecule has 2 aliphatic carbocycles. The molecule has 1 amide bonds. The lowest BCUT2D eigenvalue weighted by Gasteiger charge is -2.27. The molecule has 2 atom stereocenters. The van der Waals surface area contributed by atoms with E-state index in [1.165, 1.54) is 16.8 Å². The van der Waals surface area contributed by atoms with Crippen LogP contribution >= 0.6 is 11.3 Å². The Morgan fingerprint density at radius 2 is 2.07 bits per heavy atom. The maximum Gasteiger partial charge on any atom is 0.407 e. The number of rotatable bonds is 9. The molecule has 1 aromatic heterocycles. The van der Waals surface area contributed by atoms with Crippen molar-refractivity contribution in [2.75, 3.05) is 11.5 Å². The van der Waals surface area contributed by atoms with E-state index in [1.807, 2.05) is 6.07 Å². The number of nitrogens with one attached hydrogen (secondary N) is 2. The molecule has 0 bridgehead atoms. The van der Waals surface area contributed by atoms with Crippen LogP contribution in [0.25, 0.3) is 0 Å². The van der Waals surface area contributed by atoms with Gasteiger partial charge < -0.3 is 5.32 Å². The Balaban J connectivity index is 1.81. The molecular formula is C17H20F3N3O3S2. The second kappa shape index (κ2) is 7.65. The van der Waals surface area contributed by atoms with E-state index in [9.17, 15) is 26.4 Å². The van der Waals surface area contributed by atoms with Crippen LogP contribution in [0.1, 0.15) is 37.3 Å². The van der Waals surface area contributed by atoms with Gasteiger partial charge in [0.1, 0.15) is 17.6 Å². The van der Waals surface area contributed by atoms with Gasteiger partial charge in [0.2, 0.25) is 5.91 Å². The third kappa shape index (κ3) is 5.46. The molecule has 0 radical (unpaired) electrons. The Morgan fingerprint density at radius 3 is 2.54 bits per heavy atom. The molecule has 0 saturated heterocycles. The quantitative estimate of drug-likeness (QED) is 0.620.